The van der Waals surface area contributed by atoms with Gasteiger partial charge in [-0.1, -0.05) is 30.1 Å². The summed E-state index contributed by atoms with van der Waals surface area (Å²) in [5, 5.41) is 5.54. The van der Waals surface area contributed by atoms with Crippen LogP contribution in [0.1, 0.15) is 19.8 Å². The Hall–Kier alpha value is -0.0500. The second kappa shape index (κ2) is 5.52. The molecule has 1 aromatic rings. The molecular weight excluding hydrogens is 261 g/mol. The Morgan fingerprint density at radius 3 is 2.56 bits per heavy atom. The van der Waals surface area contributed by atoms with Crippen LogP contribution in [0.15, 0.2) is 18.2 Å². The molecule has 1 N–H and O–H groups in total. The third-order valence-electron chi connectivity index (χ3n) is 2.82. The van der Waals surface area contributed by atoms with Gasteiger partial charge in [-0.25, -0.2) is 0 Å². The fraction of sp³-hybridized carbons (Fsp3) is 0.500. The summed E-state index contributed by atoms with van der Waals surface area (Å²) in [7, 11) is 0. The summed E-state index contributed by atoms with van der Waals surface area (Å²) in [6.45, 7) is 2.27. The van der Waals surface area contributed by atoms with E-state index in [0.717, 1.165) is 5.69 Å². The molecule has 2 atom stereocenters. The molecule has 0 bridgehead atoms. The Balaban J connectivity index is 2.07. The van der Waals surface area contributed by atoms with Gasteiger partial charge in [-0.3, -0.25) is 0 Å². The van der Waals surface area contributed by atoms with Crippen molar-refractivity contribution in [2.45, 2.75) is 31.1 Å². The Kier molecular flexibility index (Phi) is 4.28. The SMILES string of the molecule is CC1SCCCC1Nc1cc(Cl)cc(Cl)c1. The van der Waals surface area contributed by atoms with E-state index in [1.807, 2.05) is 23.9 Å². The van der Waals surface area contributed by atoms with E-state index in [-0.39, 0.29) is 0 Å². The molecule has 88 valence electrons. The molecule has 0 amide bonds. The highest BCUT2D eigenvalue weighted by molar-refractivity contribution is 8.00. The Labute approximate surface area is 111 Å². The second-order valence-electron chi connectivity index (χ2n) is 4.13. The summed E-state index contributed by atoms with van der Waals surface area (Å²) >= 11 is 14.0. The molecule has 2 rings (SSSR count). The minimum Gasteiger partial charge on any atom is -0.381 e. The smallest absolute Gasteiger partial charge is 0.0441 e. The molecule has 1 nitrogen and oxygen atoms in total. The maximum atomic E-state index is 5.97. The highest BCUT2D eigenvalue weighted by atomic mass is 35.5. The van der Waals surface area contributed by atoms with Crippen LogP contribution in [0.5, 0.6) is 0 Å². The van der Waals surface area contributed by atoms with Crippen molar-refractivity contribution < 1.29 is 0 Å². The van der Waals surface area contributed by atoms with Crippen LogP contribution in [0.25, 0.3) is 0 Å². The van der Waals surface area contributed by atoms with E-state index >= 15 is 0 Å². The van der Waals surface area contributed by atoms with Crippen molar-refractivity contribution >= 4 is 40.7 Å². The van der Waals surface area contributed by atoms with Gasteiger partial charge >= 0.3 is 0 Å². The lowest BCUT2D eigenvalue weighted by atomic mass is 10.1. The molecule has 0 saturated carbocycles. The molecule has 1 saturated heterocycles. The quantitative estimate of drug-likeness (QED) is 0.841. The predicted octanol–water partition coefficient (Wildman–Crippen LogP) is 4.69. The second-order valence-corrected chi connectivity index (χ2v) is 6.49. The van der Waals surface area contributed by atoms with Gasteiger partial charge in [0.25, 0.3) is 0 Å². The molecule has 16 heavy (non-hydrogen) atoms. The Bertz CT molecular complexity index is 350. The first-order chi connectivity index (χ1) is 7.65. The first-order valence-corrected chi connectivity index (χ1v) is 7.30. The van der Waals surface area contributed by atoms with Gasteiger partial charge in [-0.05, 0) is 36.8 Å². The standard InChI is InChI=1S/C12H15Cl2NS/c1-8-12(3-2-4-16-8)15-11-6-9(13)5-10(14)7-11/h5-8,12,15H,2-4H2,1H3. The van der Waals surface area contributed by atoms with Gasteiger partial charge < -0.3 is 5.32 Å². The zero-order chi connectivity index (χ0) is 11.5. The van der Waals surface area contributed by atoms with E-state index in [4.69, 9.17) is 23.2 Å². The number of thioether (sulfide) groups is 1. The van der Waals surface area contributed by atoms with Crippen molar-refractivity contribution in [3.8, 4) is 0 Å². The van der Waals surface area contributed by atoms with E-state index in [9.17, 15) is 0 Å². The fourth-order valence-electron chi connectivity index (χ4n) is 1.96. The van der Waals surface area contributed by atoms with Gasteiger partial charge in [0.15, 0.2) is 0 Å². The minimum atomic E-state index is 0.522. The lowest BCUT2D eigenvalue weighted by molar-refractivity contribution is 0.617. The van der Waals surface area contributed by atoms with Gasteiger partial charge in [-0.2, -0.15) is 11.8 Å². The van der Waals surface area contributed by atoms with E-state index in [2.05, 4.69) is 12.2 Å². The molecule has 4 heteroatoms. The van der Waals surface area contributed by atoms with Crippen LogP contribution in [0.2, 0.25) is 10.0 Å². The van der Waals surface area contributed by atoms with E-state index < -0.39 is 0 Å². The summed E-state index contributed by atoms with van der Waals surface area (Å²) in [4.78, 5) is 0. The normalized spacial score (nSPS) is 25.4. The molecule has 2 unspecified atom stereocenters. The summed E-state index contributed by atoms with van der Waals surface area (Å²) in [5.41, 5.74) is 1.02. The number of nitrogens with one attached hydrogen (secondary N) is 1. The highest BCUT2D eigenvalue weighted by Crippen LogP contribution is 2.29. The van der Waals surface area contributed by atoms with E-state index in [1.165, 1.54) is 18.6 Å². The van der Waals surface area contributed by atoms with Crippen LogP contribution in [0.3, 0.4) is 0 Å². The van der Waals surface area contributed by atoms with Crippen molar-refractivity contribution in [3.63, 3.8) is 0 Å². The molecule has 0 radical (unpaired) electrons. The molecule has 1 heterocycles. The minimum absolute atomic E-state index is 0.522. The van der Waals surface area contributed by atoms with Crippen LogP contribution in [0.4, 0.5) is 5.69 Å². The first kappa shape index (κ1) is 12.4. The van der Waals surface area contributed by atoms with Gasteiger partial charge in [0.2, 0.25) is 0 Å². The number of anilines is 1. The average Bonchev–Trinajstić information content (AvgIpc) is 2.20. The maximum Gasteiger partial charge on any atom is 0.0441 e. The van der Waals surface area contributed by atoms with Gasteiger partial charge in [0, 0.05) is 27.0 Å². The van der Waals surface area contributed by atoms with Crippen LogP contribution in [-0.4, -0.2) is 17.0 Å². The average molecular weight is 276 g/mol. The van der Waals surface area contributed by atoms with Crippen LogP contribution >= 0.6 is 35.0 Å². The first-order valence-electron chi connectivity index (χ1n) is 5.49. The van der Waals surface area contributed by atoms with Crippen molar-refractivity contribution in [3.05, 3.63) is 28.2 Å². The third-order valence-corrected chi connectivity index (χ3v) is 4.64. The van der Waals surface area contributed by atoms with Crippen molar-refractivity contribution in [1.29, 1.82) is 0 Å². The molecule has 0 aliphatic carbocycles. The molecule has 0 aromatic heterocycles. The number of hydrogen-bond acceptors (Lipinski definition) is 2. The lowest BCUT2D eigenvalue weighted by Gasteiger charge is -2.30. The zero-order valence-electron chi connectivity index (χ0n) is 9.17. The van der Waals surface area contributed by atoms with Crippen molar-refractivity contribution in [1.82, 2.24) is 0 Å². The van der Waals surface area contributed by atoms with Crippen LogP contribution in [0, 0.1) is 0 Å². The Morgan fingerprint density at radius 1 is 1.25 bits per heavy atom. The van der Waals surface area contributed by atoms with E-state index in [0.29, 0.717) is 21.3 Å². The topological polar surface area (TPSA) is 12.0 Å². The number of benzene rings is 1. The molecule has 1 aliphatic rings. The monoisotopic (exact) mass is 275 g/mol. The molecular formula is C12H15Cl2NS. The van der Waals surface area contributed by atoms with Gasteiger partial charge in [0.05, 0.1) is 0 Å². The van der Waals surface area contributed by atoms with Crippen molar-refractivity contribution in [2.24, 2.45) is 0 Å². The largest absolute Gasteiger partial charge is 0.381 e. The van der Waals surface area contributed by atoms with Crippen LogP contribution in [-0.2, 0) is 0 Å². The fourth-order valence-corrected chi connectivity index (χ4v) is 3.63. The number of rotatable bonds is 2. The number of hydrogen-bond donors (Lipinski definition) is 1. The summed E-state index contributed by atoms with van der Waals surface area (Å²) in [6, 6.07) is 6.14. The summed E-state index contributed by atoms with van der Waals surface area (Å²) in [5.74, 6) is 1.27. The zero-order valence-corrected chi connectivity index (χ0v) is 11.5. The summed E-state index contributed by atoms with van der Waals surface area (Å²) in [6.07, 6.45) is 2.50. The maximum absolute atomic E-state index is 5.97. The summed E-state index contributed by atoms with van der Waals surface area (Å²) < 4.78 is 0. The molecule has 1 aromatic carbocycles. The van der Waals surface area contributed by atoms with E-state index in [1.54, 1.807) is 6.07 Å². The van der Waals surface area contributed by atoms with Gasteiger partial charge in [-0.15, -0.1) is 0 Å². The number of halogens is 2. The highest BCUT2D eigenvalue weighted by Gasteiger charge is 2.21. The molecule has 1 fully saturated rings. The lowest BCUT2D eigenvalue weighted by Crippen LogP contribution is -2.32. The van der Waals surface area contributed by atoms with Crippen molar-refractivity contribution in [2.75, 3.05) is 11.1 Å². The molecule has 1 aliphatic heterocycles. The third kappa shape index (κ3) is 3.22. The van der Waals surface area contributed by atoms with Gasteiger partial charge in [0.1, 0.15) is 0 Å². The predicted molar refractivity (Wildman–Crippen MR) is 75.0 cm³/mol. The Morgan fingerprint density at radius 2 is 1.94 bits per heavy atom. The molecule has 0 spiro atoms. The van der Waals surface area contributed by atoms with Crippen LogP contribution < -0.4 is 5.32 Å².